The molecule has 0 unspecified atom stereocenters. The van der Waals surface area contributed by atoms with Crippen molar-refractivity contribution in [1.29, 1.82) is 0 Å². The Kier molecular flexibility index (Phi) is 3.33. The summed E-state index contributed by atoms with van der Waals surface area (Å²) in [6.45, 7) is 6.70. The van der Waals surface area contributed by atoms with Gasteiger partial charge in [-0.3, -0.25) is 0 Å². The van der Waals surface area contributed by atoms with E-state index in [9.17, 15) is 0 Å². The van der Waals surface area contributed by atoms with Crippen LogP contribution in [0.15, 0.2) is 64.9 Å². The van der Waals surface area contributed by atoms with Gasteiger partial charge in [0.05, 0.1) is 17.1 Å². The van der Waals surface area contributed by atoms with E-state index in [1.54, 1.807) is 0 Å². The van der Waals surface area contributed by atoms with Gasteiger partial charge in [0, 0.05) is 14.1 Å². The van der Waals surface area contributed by atoms with Gasteiger partial charge in [0.15, 0.2) is 0 Å². The largest absolute Gasteiger partial charge is 0.330 e. The van der Waals surface area contributed by atoms with Gasteiger partial charge < -0.3 is 9.80 Å². The summed E-state index contributed by atoms with van der Waals surface area (Å²) in [6, 6.07) is 18.8. The molecule has 0 aliphatic carbocycles. The molecule has 0 bridgehead atoms. The van der Waals surface area contributed by atoms with Crippen molar-refractivity contribution in [1.82, 2.24) is 0 Å². The van der Waals surface area contributed by atoms with Gasteiger partial charge in [0.25, 0.3) is 0 Å². The number of fused-ring (bicyclic) bond motifs is 1. The number of para-hydroxylation sites is 3. The molecule has 0 saturated heterocycles. The van der Waals surface area contributed by atoms with Gasteiger partial charge in [0.2, 0.25) is 5.79 Å². The zero-order valence-corrected chi connectivity index (χ0v) is 15.5. The normalized spacial score (nSPS) is 21.3. The SMILES string of the molecule is CN1c2ccccc2N(C)C12[C@H](C(C)(C)C)N=NN2c1ccccc1. The molecule has 2 aromatic carbocycles. The maximum Gasteiger partial charge on any atom is 0.239 e. The zero-order chi connectivity index (χ0) is 17.8. The lowest BCUT2D eigenvalue weighted by molar-refractivity contribution is 0.222. The fraction of sp³-hybridized carbons (Fsp3) is 0.400. The van der Waals surface area contributed by atoms with E-state index in [1.165, 1.54) is 11.4 Å². The van der Waals surface area contributed by atoms with Crippen LogP contribution in [0.2, 0.25) is 0 Å². The number of anilines is 3. The van der Waals surface area contributed by atoms with E-state index in [4.69, 9.17) is 5.11 Å². The molecule has 0 radical (unpaired) electrons. The van der Waals surface area contributed by atoms with Crippen LogP contribution in [0.25, 0.3) is 0 Å². The van der Waals surface area contributed by atoms with E-state index in [-0.39, 0.29) is 11.5 Å². The van der Waals surface area contributed by atoms with E-state index >= 15 is 0 Å². The lowest BCUT2D eigenvalue weighted by atomic mass is 9.81. The van der Waals surface area contributed by atoms with Gasteiger partial charge >= 0.3 is 0 Å². The third kappa shape index (κ3) is 2.01. The Morgan fingerprint density at radius 3 is 1.88 bits per heavy atom. The van der Waals surface area contributed by atoms with Crippen LogP contribution >= 0.6 is 0 Å². The van der Waals surface area contributed by atoms with Crippen LogP contribution in [-0.2, 0) is 0 Å². The van der Waals surface area contributed by atoms with E-state index in [0.717, 1.165) is 5.69 Å². The molecular weight excluding hydrogens is 310 g/mol. The molecule has 2 heterocycles. The number of hydrogen-bond donors (Lipinski definition) is 0. The molecule has 2 aliphatic heterocycles. The van der Waals surface area contributed by atoms with Gasteiger partial charge in [-0.2, -0.15) is 5.11 Å². The maximum absolute atomic E-state index is 4.75. The van der Waals surface area contributed by atoms with Crippen molar-refractivity contribution in [2.45, 2.75) is 32.6 Å². The minimum atomic E-state index is -0.497. The van der Waals surface area contributed by atoms with E-state index < -0.39 is 5.79 Å². The summed E-state index contributed by atoms with van der Waals surface area (Å²) in [5.41, 5.74) is 3.40. The topological polar surface area (TPSA) is 34.4 Å². The van der Waals surface area contributed by atoms with Gasteiger partial charge in [0.1, 0.15) is 6.04 Å². The highest BCUT2D eigenvalue weighted by atomic mass is 15.8. The standard InChI is InChI=1S/C20H25N5/c1-19(2,3)18-20(25(22-21-18)15-11-7-6-8-12-15)23(4)16-13-9-10-14-17(16)24(20)5/h6-14,18H,1-5H3/t18-/m0/s1. The molecule has 1 atom stereocenters. The number of nitrogens with zero attached hydrogens (tertiary/aromatic N) is 5. The van der Waals surface area contributed by atoms with Crippen molar-refractivity contribution >= 4 is 17.1 Å². The molecule has 130 valence electrons. The predicted octanol–water partition coefficient (Wildman–Crippen LogP) is 4.53. The van der Waals surface area contributed by atoms with Crippen LogP contribution < -0.4 is 14.8 Å². The van der Waals surface area contributed by atoms with Crippen molar-refractivity contribution in [3.63, 3.8) is 0 Å². The molecule has 5 heteroatoms. The fourth-order valence-corrected chi connectivity index (χ4v) is 4.19. The summed E-state index contributed by atoms with van der Waals surface area (Å²) < 4.78 is 0. The van der Waals surface area contributed by atoms with Gasteiger partial charge in [-0.15, -0.1) is 0 Å². The second kappa shape index (κ2) is 5.22. The van der Waals surface area contributed by atoms with Crippen LogP contribution in [0.4, 0.5) is 17.1 Å². The second-order valence-corrected chi connectivity index (χ2v) is 7.91. The molecule has 25 heavy (non-hydrogen) atoms. The first-order chi connectivity index (χ1) is 11.9. The van der Waals surface area contributed by atoms with Gasteiger partial charge in [-0.25, -0.2) is 5.01 Å². The van der Waals surface area contributed by atoms with Gasteiger partial charge in [-0.1, -0.05) is 56.3 Å². The minimum absolute atomic E-state index is 0.0115. The van der Waals surface area contributed by atoms with Crippen molar-refractivity contribution in [3.05, 3.63) is 54.6 Å². The maximum atomic E-state index is 4.75. The fourth-order valence-electron chi connectivity index (χ4n) is 4.19. The Hall–Kier alpha value is -2.56. The molecule has 0 fully saturated rings. The van der Waals surface area contributed by atoms with Crippen molar-refractivity contribution in [3.8, 4) is 0 Å². The van der Waals surface area contributed by atoms with Crippen LogP contribution in [0.3, 0.4) is 0 Å². The van der Waals surface area contributed by atoms with Crippen LogP contribution in [-0.4, -0.2) is 25.9 Å². The van der Waals surface area contributed by atoms with Crippen LogP contribution in [0.5, 0.6) is 0 Å². The first-order valence-corrected chi connectivity index (χ1v) is 8.71. The van der Waals surface area contributed by atoms with Crippen molar-refractivity contribution in [2.24, 2.45) is 15.8 Å². The first kappa shape index (κ1) is 15.9. The molecule has 5 nitrogen and oxygen atoms in total. The lowest BCUT2D eigenvalue weighted by Gasteiger charge is -2.49. The Labute approximate surface area is 149 Å². The van der Waals surface area contributed by atoms with Crippen LogP contribution in [0, 0.1) is 5.41 Å². The summed E-state index contributed by atoms with van der Waals surface area (Å²) in [5, 5.41) is 11.5. The lowest BCUT2D eigenvalue weighted by Crippen LogP contribution is -2.70. The minimum Gasteiger partial charge on any atom is -0.330 e. The van der Waals surface area contributed by atoms with E-state index in [1.807, 2.05) is 18.2 Å². The Bertz CT molecular complexity index is 779. The smallest absolute Gasteiger partial charge is 0.239 e. The number of likely N-dealkylation sites (N-methyl/N-ethyl adjacent to an activating group) is 2. The van der Waals surface area contributed by atoms with Gasteiger partial charge in [-0.05, 0) is 29.7 Å². The molecule has 0 aromatic heterocycles. The molecule has 0 amide bonds. The summed E-state index contributed by atoms with van der Waals surface area (Å²) in [7, 11) is 4.29. The Balaban J connectivity index is 1.94. The molecule has 1 spiro atoms. The Morgan fingerprint density at radius 2 is 1.36 bits per heavy atom. The average molecular weight is 335 g/mol. The summed E-state index contributed by atoms with van der Waals surface area (Å²) in [5.74, 6) is -0.497. The highest BCUT2D eigenvalue weighted by Crippen LogP contribution is 2.53. The third-order valence-electron chi connectivity index (χ3n) is 5.35. The molecular formula is C20H25N5. The van der Waals surface area contributed by atoms with E-state index in [0.29, 0.717) is 0 Å². The molecule has 2 aliphatic rings. The molecule has 2 aromatic rings. The third-order valence-corrected chi connectivity index (χ3v) is 5.35. The van der Waals surface area contributed by atoms with Crippen LogP contribution in [0.1, 0.15) is 20.8 Å². The van der Waals surface area contributed by atoms with E-state index in [2.05, 4.69) is 91.3 Å². The average Bonchev–Trinajstić information content (AvgIpc) is 3.11. The first-order valence-electron chi connectivity index (χ1n) is 8.71. The zero-order valence-electron chi connectivity index (χ0n) is 15.5. The highest BCUT2D eigenvalue weighted by Gasteiger charge is 2.63. The summed E-state index contributed by atoms with van der Waals surface area (Å²) in [6.07, 6.45) is 0. The monoisotopic (exact) mass is 335 g/mol. The molecule has 0 N–H and O–H groups in total. The molecule has 4 rings (SSSR count). The summed E-state index contributed by atoms with van der Waals surface area (Å²) >= 11 is 0. The van der Waals surface area contributed by atoms with Crippen molar-refractivity contribution in [2.75, 3.05) is 28.9 Å². The number of rotatable bonds is 1. The quantitative estimate of drug-likeness (QED) is 0.768. The highest BCUT2D eigenvalue weighted by molar-refractivity contribution is 5.81. The second-order valence-electron chi connectivity index (χ2n) is 7.91. The number of hydrogen-bond acceptors (Lipinski definition) is 5. The predicted molar refractivity (Wildman–Crippen MR) is 103 cm³/mol. The Morgan fingerprint density at radius 1 is 0.840 bits per heavy atom. The molecule has 0 saturated carbocycles. The summed E-state index contributed by atoms with van der Waals surface area (Å²) in [4.78, 5) is 4.65. The van der Waals surface area contributed by atoms with Crippen molar-refractivity contribution < 1.29 is 0 Å². The number of benzene rings is 2.